The number of hydrogen-bond acceptors (Lipinski definition) is 2. The molecule has 1 rings (SSSR count). The summed E-state index contributed by atoms with van der Waals surface area (Å²) in [5.74, 6) is 0.901. The van der Waals surface area contributed by atoms with Gasteiger partial charge in [0.15, 0.2) is 0 Å². The molecule has 1 heterocycles. The molecule has 0 aromatic carbocycles. The molecule has 1 saturated heterocycles. The fraction of sp³-hybridized carbons (Fsp3) is 1.00. The van der Waals surface area contributed by atoms with E-state index in [2.05, 4.69) is 32.6 Å². The van der Waals surface area contributed by atoms with Crippen molar-refractivity contribution in [3.05, 3.63) is 0 Å². The fourth-order valence-corrected chi connectivity index (χ4v) is 1.90. The van der Waals surface area contributed by atoms with Gasteiger partial charge in [0.25, 0.3) is 0 Å². The van der Waals surface area contributed by atoms with Crippen molar-refractivity contribution in [2.24, 2.45) is 5.92 Å². The Balaban J connectivity index is 1.99. The maximum atomic E-state index is 5.69. The summed E-state index contributed by atoms with van der Waals surface area (Å²) in [6, 6.07) is 0. The van der Waals surface area contributed by atoms with Crippen molar-refractivity contribution in [2.45, 2.75) is 46.1 Å². The van der Waals surface area contributed by atoms with Crippen LogP contribution in [0.2, 0.25) is 0 Å². The van der Waals surface area contributed by atoms with E-state index in [4.69, 9.17) is 4.74 Å². The quantitative estimate of drug-likeness (QED) is 0.645. The number of hydrogen-bond donors (Lipinski definition) is 0. The SMILES string of the molecule is C[C@H]1CCN(CCCOC(C)(C)C)C1. The molecule has 14 heavy (non-hydrogen) atoms. The highest BCUT2D eigenvalue weighted by Gasteiger charge is 2.18. The average Bonchev–Trinajstić information content (AvgIpc) is 2.44. The average molecular weight is 199 g/mol. The Kier molecular flexibility index (Phi) is 4.39. The maximum absolute atomic E-state index is 5.69. The summed E-state index contributed by atoms with van der Waals surface area (Å²) in [4.78, 5) is 2.55. The molecule has 0 aliphatic carbocycles. The predicted octanol–water partition coefficient (Wildman–Crippen LogP) is 2.53. The van der Waals surface area contributed by atoms with Crippen LogP contribution in [0.25, 0.3) is 0 Å². The zero-order valence-corrected chi connectivity index (χ0v) is 10.2. The highest BCUT2D eigenvalue weighted by Crippen LogP contribution is 2.15. The minimum absolute atomic E-state index is 0.0261. The summed E-state index contributed by atoms with van der Waals surface area (Å²) < 4.78 is 5.69. The van der Waals surface area contributed by atoms with Crippen molar-refractivity contribution in [1.29, 1.82) is 0 Å². The van der Waals surface area contributed by atoms with Crippen molar-refractivity contribution in [3.8, 4) is 0 Å². The lowest BCUT2D eigenvalue weighted by Crippen LogP contribution is -2.25. The summed E-state index contributed by atoms with van der Waals surface area (Å²) in [6.07, 6.45) is 2.55. The fourth-order valence-electron chi connectivity index (χ4n) is 1.90. The van der Waals surface area contributed by atoms with Crippen LogP contribution in [0.4, 0.5) is 0 Å². The van der Waals surface area contributed by atoms with Crippen molar-refractivity contribution < 1.29 is 4.74 Å². The van der Waals surface area contributed by atoms with E-state index in [0.717, 1.165) is 12.5 Å². The van der Waals surface area contributed by atoms with E-state index in [1.54, 1.807) is 0 Å². The van der Waals surface area contributed by atoms with Gasteiger partial charge in [-0.15, -0.1) is 0 Å². The molecule has 0 amide bonds. The zero-order chi connectivity index (χ0) is 10.6. The molecule has 1 aliphatic rings. The zero-order valence-electron chi connectivity index (χ0n) is 10.2. The summed E-state index contributed by atoms with van der Waals surface area (Å²) in [6.45, 7) is 13.4. The summed E-state index contributed by atoms with van der Waals surface area (Å²) in [5.41, 5.74) is 0.0261. The molecule has 0 unspecified atom stereocenters. The van der Waals surface area contributed by atoms with Crippen molar-refractivity contribution >= 4 is 0 Å². The van der Waals surface area contributed by atoms with Crippen LogP contribution < -0.4 is 0 Å². The molecule has 84 valence electrons. The summed E-state index contributed by atoms with van der Waals surface area (Å²) in [7, 11) is 0. The largest absolute Gasteiger partial charge is 0.376 e. The molecule has 1 aliphatic heterocycles. The predicted molar refractivity (Wildman–Crippen MR) is 60.5 cm³/mol. The van der Waals surface area contributed by atoms with E-state index in [9.17, 15) is 0 Å². The van der Waals surface area contributed by atoms with Crippen LogP contribution in [-0.2, 0) is 4.74 Å². The lowest BCUT2D eigenvalue weighted by atomic mass is 10.2. The third kappa shape index (κ3) is 4.97. The van der Waals surface area contributed by atoms with Gasteiger partial charge in [-0.3, -0.25) is 0 Å². The molecule has 0 spiro atoms. The third-order valence-corrected chi connectivity index (χ3v) is 2.66. The van der Waals surface area contributed by atoms with Crippen molar-refractivity contribution in [3.63, 3.8) is 0 Å². The van der Waals surface area contributed by atoms with Crippen molar-refractivity contribution in [2.75, 3.05) is 26.2 Å². The van der Waals surface area contributed by atoms with E-state index < -0.39 is 0 Å². The van der Waals surface area contributed by atoms with Gasteiger partial charge in [-0.25, -0.2) is 0 Å². The van der Waals surface area contributed by atoms with Gasteiger partial charge in [-0.1, -0.05) is 6.92 Å². The van der Waals surface area contributed by atoms with Crippen LogP contribution in [0.15, 0.2) is 0 Å². The van der Waals surface area contributed by atoms with Gasteiger partial charge in [0.1, 0.15) is 0 Å². The Morgan fingerprint density at radius 2 is 2.07 bits per heavy atom. The molecule has 1 atom stereocenters. The highest BCUT2D eigenvalue weighted by molar-refractivity contribution is 4.71. The Labute approximate surface area is 88.6 Å². The Hall–Kier alpha value is -0.0800. The highest BCUT2D eigenvalue weighted by atomic mass is 16.5. The van der Waals surface area contributed by atoms with Gasteiger partial charge in [-0.05, 0) is 46.1 Å². The first-order valence-corrected chi connectivity index (χ1v) is 5.84. The molecule has 0 bridgehead atoms. The summed E-state index contributed by atoms with van der Waals surface area (Å²) >= 11 is 0. The number of rotatable bonds is 4. The number of nitrogens with zero attached hydrogens (tertiary/aromatic N) is 1. The second kappa shape index (κ2) is 5.13. The second-order valence-corrected chi connectivity index (χ2v) is 5.51. The van der Waals surface area contributed by atoms with Crippen LogP contribution >= 0.6 is 0 Å². The van der Waals surface area contributed by atoms with Gasteiger partial charge < -0.3 is 9.64 Å². The van der Waals surface area contributed by atoms with Gasteiger partial charge >= 0.3 is 0 Å². The summed E-state index contributed by atoms with van der Waals surface area (Å²) in [5, 5.41) is 0. The van der Waals surface area contributed by atoms with Crippen LogP contribution in [0.1, 0.15) is 40.5 Å². The lowest BCUT2D eigenvalue weighted by molar-refractivity contribution is -0.00640. The molecule has 0 aromatic heterocycles. The molecule has 0 saturated carbocycles. The molecule has 1 fully saturated rings. The van der Waals surface area contributed by atoms with Gasteiger partial charge in [-0.2, -0.15) is 0 Å². The van der Waals surface area contributed by atoms with Gasteiger partial charge in [0.05, 0.1) is 5.60 Å². The molecule has 0 radical (unpaired) electrons. The van der Waals surface area contributed by atoms with E-state index in [1.165, 1.54) is 32.5 Å². The number of likely N-dealkylation sites (tertiary alicyclic amines) is 1. The first-order valence-electron chi connectivity index (χ1n) is 5.84. The van der Waals surface area contributed by atoms with Crippen LogP contribution in [-0.4, -0.2) is 36.7 Å². The lowest BCUT2D eigenvalue weighted by Gasteiger charge is -2.21. The van der Waals surface area contributed by atoms with E-state index in [-0.39, 0.29) is 5.60 Å². The van der Waals surface area contributed by atoms with E-state index >= 15 is 0 Å². The molecule has 0 N–H and O–H groups in total. The first-order chi connectivity index (χ1) is 6.47. The Bertz CT molecular complexity index is 162. The van der Waals surface area contributed by atoms with Crippen LogP contribution in [0, 0.1) is 5.92 Å². The van der Waals surface area contributed by atoms with E-state index in [0.29, 0.717) is 0 Å². The maximum Gasteiger partial charge on any atom is 0.0598 e. The van der Waals surface area contributed by atoms with Crippen LogP contribution in [0.3, 0.4) is 0 Å². The van der Waals surface area contributed by atoms with Crippen molar-refractivity contribution in [1.82, 2.24) is 4.90 Å². The van der Waals surface area contributed by atoms with E-state index in [1.807, 2.05) is 0 Å². The monoisotopic (exact) mass is 199 g/mol. The third-order valence-electron chi connectivity index (χ3n) is 2.66. The topological polar surface area (TPSA) is 12.5 Å². The minimum Gasteiger partial charge on any atom is -0.376 e. The first kappa shape index (κ1) is 12.0. The Morgan fingerprint density at radius 1 is 1.36 bits per heavy atom. The Morgan fingerprint density at radius 3 is 2.57 bits per heavy atom. The molecular formula is C12H25NO. The van der Waals surface area contributed by atoms with Gasteiger partial charge in [0, 0.05) is 19.7 Å². The smallest absolute Gasteiger partial charge is 0.0598 e. The minimum atomic E-state index is 0.0261. The molecular weight excluding hydrogens is 174 g/mol. The number of ether oxygens (including phenoxy) is 1. The molecule has 2 heteroatoms. The molecule has 0 aromatic rings. The standard InChI is InChI=1S/C12H25NO/c1-11-6-8-13(10-11)7-5-9-14-12(2,3)4/h11H,5-10H2,1-4H3/t11-/m0/s1. The van der Waals surface area contributed by atoms with Crippen LogP contribution in [0.5, 0.6) is 0 Å². The second-order valence-electron chi connectivity index (χ2n) is 5.51. The molecule has 2 nitrogen and oxygen atoms in total. The normalized spacial score (nSPS) is 24.4. The van der Waals surface area contributed by atoms with Gasteiger partial charge in [0.2, 0.25) is 0 Å².